The summed E-state index contributed by atoms with van der Waals surface area (Å²) in [6.45, 7) is 2.24. The van der Waals surface area contributed by atoms with Crippen molar-refractivity contribution in [3.05, 3.63) is 23.8 Å². The van der Waals surface area contributed by atoms with Crippen LogP contribution in [0.1, 0.15) is 43.0 Å². The number of nitrogen functional groups attached to an aromatic ring is 1. The number of nitrogens with two attached hydrogens (primary N) is 1. The van der Waals surface area contributed by atoms with Crippen molar-refractivity contribution in [1.82, 2.24) is 0 Å². The first-order valence-electron chi connectivity index (χ1n) is 6.45. The summed E-state index contributed by atoms with van der Waals surface area (Å²) in [5.74, 6) is -0.216. The summed E-state index contributed by atoms with van der Waals surface area (Å²) >= 11 is 0. The summed E-state index contributed by atoms with van der Waals surface area (Å²) in [5.41, 5.74) is 7.25. The number of carbonyl (C=O) groups is 1. The number of nitrogens with one attached hydrogen (secondary N) is 1. The zero-order chi connectivity index (χ0) is 13.1. The van der Waals surface area contributed by atoms with Crippen LogP contribution in [0.3, 0.4) is 0 Å². The molecule has 0 radical (unpaired) electrons. The van der Waals surface area contributed by atoms with Gasteiger partial charge in [-0.25, -0.2) is 4.79 Å². The van der Waals surface area contributed by atoms with Crippen molar-refractivity contribution in [2.75, 3.05) is 11.1 Å². The van der Waals surface area contributed by atoms with Crippen molar-refractivity contribution < 1.29 is 9.90 Å². The Hall–Kier alpha value is -1.71. The van der Waals surface area contributed by atoms with E-state index in [1.165, 1.54) is 12.8 Å². The molecule has 4 heteroatoms. The van der Waals surface area contributed by atoms with Gasteiger partial charge in [0.05, 0.1) is 11.3 Å². The molecule has 0 amide bonds. The predicted octanol–water partition coefficient (Wildman–Crippen LogP) is 2.96. The maximum absolute atomic E-state index is 11.2. The molecule has 1 saturated carbocycles. The lowest BCUT2D eigenvalue weighted by Gasteiger charge is -2.28. The summed E-state index contributed by atoms with van der Waals surface area (Å²) in [6.07, 6.45) is 4.65. The summed E-state index contributed by atoms with van der Waals surface area (Å²) in [6, 6.07) is 5.25. The van der Waals surface area contributed by atoms with E-state index in [0.717, 1.165) is 12.8 Å². The summed E-state index contributed by atoms with van der Waals surface area (Å²) in [7, 11) is 0. The van der Waals surface area contributed by atoms with Gasteiger partial charge in [-0.3, -0.25) is 0 Å². The lowest BCUT2D eigenvalue weighted by molar-refractivity contribution is 0.0698. The number of hydrogen-bond donors (Lipinski definition) is 3. The Bertz CT molecular complexity index is 445. The molecular formula is C14H20N2O2. The Kier molecular flexibility index (Phi) is 3.75. The number of hydrogen-bond acceptors (Lipinski definition) is 3. The third-order valence-corrected chi connectivity index (χ3v) is 3.57. The molecule has 1 aromatic rings. The minimum Gasteiger partial charge on any atom is -0.478 e. The molecule has 0 aliphatic heterocycles. The van der Waals surface area contributed by atoms with Crippen LogP contribution in [0, 0.1) is 5.92 Å². The Balaban J connectivity index is 2.16. The summed E-state index contributed by atoms with van der Waals surface area (Å²) < 4.78 is 0. The van der Waals surface area contributed by atoms with Crippen LogP contribution in [-0.4, -0.2) is 17.1 Å². The summed E-state index contributed by atoms with van der Waals surface area (Å²) in [4.78, 5) is 11.2. The van der Waals surface area contributed by atoms with Crippen molar-refractivity contribution >= 4 is 17.3 Å². The molecule has 2 rings (SSSR count). The van der Waals surface area contributed by atoms with E-state index in [4.69, 9.17) is 10.8 Å². The Morgan fingerprint density at radius 3 is 2.89 bits per heavy atom. The molecule has 2 atom stereocenters. The second kappa shape index (κ2) is 5.29. The quantitative estimate of drug-likeness (QED) is 0.719. The number of carboxylic acids is 1. The minimum atomic E-state index is -0.915. The third kappa shape index (κ3) is 2.94. The smallest absolute Gasteiger partial charge is 0.337 e. The van der Waals surface area contributed by atoms with E-state index in [1.807, 2.05) is 0 Å². The van der Waals surface area contributed by atoms with E-state index in [-0.39, 0.29) is 0 Å². The van der Waals surface area contributed by atoms with E-state index in [2.05, 4.69) is 12.2 Å². The van der Waals surface area contributed by atoms with Crippen molar-refractivity contribution in [1.29, 1.82) is 0 Å². The normalized spacial score (nSPS) is 23.6. The standard InChI is InChI=1S/C14H20N2O2/c1-9-3-2-4-11(7-9)16-13-8-10(15)5-6-12(13)14(17)18/h5-6,8-9,11,16H,2-4,7,15H2,1H3,(H,17,18). The highest BCUT2D eigenvalue weighted by atomic mass is 16.4. The zero-order valence-electron chi connectivity index (χ0n) is 10.6. The van der Waals surface area contributed by atoms with Crippen LogP contribution in [0.15, 0.2) is 18.2 Å². The van der Waals surface area contributed by atoms with Crippen LogP contribution >= 0.6 is 0 Å². The molecule has 0 bridgehead atoms. The molecule has 1 fully saturated rings. The highest BCUT2D eigenvalue weighted by Gasteiger charge is 2.20. The van der Waals surface area contributed by atoms with E-state index >= 15 is 0 Å². The third-order valence-electron chi connectivity index (χ3n) is 3.57. The molecule has 0 saturated heterocycles. The number of aromatic carboxylic acids is 1. The van der Waals surface area contributed by atoms with Gasteiger partial charge in [-0.05, 0) is 37.0 Å². The number of carboxylic acid groups (broad SMARTS) is 1. The molecule has 18 heavy (non-hydrogen) atoms. The zero-order valence-corrected chi connectivity index (χ0v) is 10.6. The van der Waals surface area contributed by atoms with E-state index in [9.17, 15) is 4.79 Å². The molecule has 4 N–H and O–H groups in total. The van der Waals surface area contributed by atoms with Gasteiger partial charge in [-0.1, -0.05) is 19.8 Å². The van der Waals surface area contributed by atoms with Crippen LogP contribution in [0.2, 0.25) is 0 Å². The number of anilines is 2. The molecule has 1 aliphatic rings. The van der Waals surface area contributed by atoms with Crippen molar-refractivity contribution in [3.8, 4) is 0 Å². The number of rotatable bonds is 3. The Labute approximate surface area is 107 Å². The average molecular weight is 248 g/mol. The Morgan fingerprint density at radius 1 is 1.44 bits per heavy atom. The van der Waals surface area contributed by atoms with Gasteiger partial charge in [-0.2, -0.15) is 0 Å². The monoisotopic (exact) mass is 248 g/mol. The van der Waals surface area contributed by atoms with Crippen LogP contribution < -0.4 is 11.1 Å². The molecule has 2 unspecified atom stereocenters. The maximum Gasteiger partial charge on any atom is 0.337 e. The van der Waals surface area contributed by atoms with E-state index in [0.29, 0.717) is 28.9 Å². The first-order chi connectivity index (χ1) is 8.56. The molecule has 4 nitrogen and oxygen atoms in total. The topological polar surface area (TPSA) is 75.3 Å². The molecule has 0 heterocycles. The van der Waals surface area contributed by atoms with Gasteiger partial charge in [0.1, 0.15) is 0 Å². The Morgan fingerprint density at radius 2 is 2.22 bits per heavy atom. The summed E-state index contributed by atoms with van der Waals surface area (Å²) in [5, 5.41) is 12.5. The first-order valence-corrected chi connectivity index (χ1v) is 6.45. The highest BCUT2D eigenvalue weighted by molar-refractivity contribution is 5.95. The van der Waals surface area contributed by atoms with Gasteiger partial charge in [0, 0.05) is 11.7 Å². The lowest BCUT2D eigenvalue weighted by Crippen LogP contribution is -2.27. The largest absolute Gasteiger partial charge is 0.478 e. The second-order valence-electron chi connectivity index (χ2n) is 5.22. The van der Waals surface area contributed by atoms with Gasteiger partial charge in [0.2, 0.25) is 0 Å². The maximum atomic E-state index is 11.2. The number of benzene rings is 1. The SMILES string of the molecule is CC1CCCC(Nc2cc(N)ccc2C(=O)O)C1. The molecule has 0 aromatic heterocycles. The molecule has 1 aromatic carbocycles. The van der Waals surface area contributed by atoms with E-state index < -0.39 is 5.97 Å². The van der Waals surface area contributed by atoms with Gasteiger partial charge < -0.3 is 16.2 Å². The van der Waals surface area contributed by atoms with Crippen LogP contribution in [0.4, 0.5) is 11.4 Å². The van der Waals surface area contributed by atoms with Crippen molar-refractivity contribution in [3.63, 3.8) is 0 Å². The van der Waals surface area contributed by atoms with Crippen LogP contribution in [-0.2, 0) is 0 Å². The fraction of sp³-hybridized carbons (Fsp3) is 0.500. The van der Waals surface area contributed by atoms with Gasteiger partial charge >= 0.3 is 5.97 Å². The highest BCUT2D eigenvalue weighted by Crippen LogP contribution is 2.28. The van der Waals surface area contributed by atoms with Crippen LogP contribution in [0.5, 0.6) is 0 Å². The fourth-order valence-electron chi connectivity index (χ4n) is 2.65. The van der Waals surface area contributed by atoms with Gasteiger partial charge in [0.25, 0.3) is 0 Å². The molecular weight excluding hydrogens is 228 g/mol. The molecule has 98 valence electrons. The minimum absolute atomic E-state index is 0.294. The first kappa shape index (κ1) is 12.7. The van der Waals surface area contributed by atoms with Gasteiger partial charge in [0.15, 0.2) is 0 Å². The van der Waals surface area contributed by atoms with Crippen molar-refractivity contribution in [2.45, 2.75) is 38.6 Å². The van der Waals surface area contributed by atoms with Crippen LogP contribution in [0.25, 0.3) is 0 Å². The lowest BCUT2D eigenvalue weighted by atomic mass is 9.87. The van der Waals surface area contributed by atoms with Gasteiger partial charge in [-0.15, -0.1) is 0 Å². The molecule has 1 aliphatic carbocycles. The predicted molar refractivity (Wildman–Crippen MR) is 72.9 cm³/mol. The average Bonchev–Trinajstić information content (AvgIpc) is 2.28. The van der Waals surface area contributed by atoms with E-state index in [1.54, 1.807) is 18.2 Å². The second-order valence-corrected chi connectivity index (χ2v) is 5.22. The molecule has 0 spiro atoms. The van der Waals surface area contributed by atoms with Crippen molar-refractivity contribution in [2.24, 2.45) is 5.92 Å². The fourth-order valence-corrected chi connectivity index (χ4v) is 2.65.